The Labute approximate surface area is 204 Å². The number of aromatic nitrogens is 1. The molecular formula is C26H24F2N3O3P. The molecule has 35 heavy (non-hydrogen) atoms. The van der Waals surface area contributed by atoms with Crippen LogP contribution < -0.4 is 15.0 Å². The first-order chi connectivity index (χ1) is 16.7. The lowest BCUT2D eigenvalue weighted by Crippen LogP contribution is -2.14. The van der Waals surface area contributed by atoms with E-state index in [1.165, 1.54) is 34.5 Å². The number of carbonyl (C=O) groups is 1. The van der Waals surface area contributed by atoms with Gasteiger partial charge in [0, 0.05) is 48.2 Å². The summed E-state index contributed by atoms with van der Waals surface area (Å²) >= 11 is 0. The van der Waals surface area contributed by atoms with Crippen LogP contribution in [0.25, 0.3) is 22.8 Å². The van der Waals surface area contributed by atoms with Crippen molar-refractivity contribution in [1.82, 2.24) is 4.98 Å². The molecule has 4 aromatic rings. The normalized spacial score (nSPS) is 11.3. The van der Waals surface area contributed by atoms with Crippen LogP contribution in [0.2, 0.25) is 0 Å². The Hall–Kier alpha value is -3.77. The molecule has 0 spiro atoms. The standard InChI is InChI=1S/C26H24F2N3O3P/c1-31(2)20-11-9-16(10-12-20)23-22(30-25(34-23)17-7-5-4-6-8-17)24(32)29-19-13-18(26(27,28)35)14-21(15-19)33-3/h4-15H,35H2,1-3H3,(H,29,32). The van der Waals surface area contributed by atoms with Gasteiger partial charge in [-0.2, -0.15) is 8.78 Å². The van der Waals surface area contributed by atoms with E-state index in [0.717, 1.165) is 5.69 Å². The number of anilines is 2. The lowest BCUT2D eigenvalue weighted by Gasteiger charge is -2.14. The lowest BCUT2D eigenvalue weighted by molar-refractivity contribution is 0.101. The maximum Gasteiger partial charge on any atom is 0.284 e. The first-order valence-electron chi connectivity index (χ1n) is 10.7. The van der Waals surface area contributed by atoms with Crippen molar-refractivity contribution in [2.24, 2.45) is 0 Å². The summed E-state index contributed by atoms with van der Waals surface area (Å²) in [5.41, 5.74) is -1.01. The van der Waals surface area contributed by atoms with E-state index in [2.05, 4.69) is 10.3 Å². The molecule has 0 aliphatic heterocycles. The number of nitrogens with one attached hydrogen (secondary N) is 1. The Bertz CT molecular complexity index is 1330. The number of amides is 1. The quantitative estimate of drug-likeness (QED) is 0.307. The highest BCUT2D eigenvalue weighted by molar-refractivity contribution is 7.17. The first-order valence-corrected chi connectivity index (χ1v) is 11.2. The van der Waals surface area contributed by atoms with Crippen LogP contribution in [0.15, 0.2) is 77.2 Å². The first kappa shape index (κ1) is 24.4. The Balaban J connectivity index is 1.75. The molecule has 180 valence electrons. The predicted molar refractivity (Wildman–Crippen MR) is 136 cm³/mol. The van der Waals surface area contributed by atoms with Gasteiger partial charge in [0.2, 0.25) is 5.89 Å². The number of rotatable bonds is 7. The van der Waals surface area contributed by atoms with Crippen LogP contribution in [-0.2, 0) is 5.66 Å². The number of nitrogens with zero attached hydrogens (tertiary/aromatic N) is 2. The molecule has 1 N–H and O–H groups in total. The summed E-state index contributed by atoms with van der Waals surface area (Å²) in [5, 5.41) is 2.66. The van der Waals surface area contributed by atoms with Gasteiger partial charge < -0.3 is 19.4 Å². The van der Waals surface area contributed by atoms with Gasteiger partial charge in [0.05, 0.1) is 7.11 Å². The third kappa shape index (κ3) is 5.49. The molecule has 1 heterocycles. The van der Waals surface area contributed by atoms with Crippen LogP contribution >= 0.6 is 9.24 Å². The summed E-state index contributed by atoms with van der Waals surface area (Å²) in [4.78, 5) is 19.7. The third-order valence-electron chi connectivity index (χ3n) is 5.29. The second-order valence-corrected chi connectivity index (χ2v) is 8.76. The molecule has 3 aromatic carbocycles. The Kier molecular flexibility index (Phi) is 6.85. The van der Waals surface area contributed by atoms with E-state index >= 15 is 0 Å². The van der Waals surface area contributed by atoms with Gasteiger partial charge >= 0.3 is 0 Å². The van der Waals surface area contributed by atoms with Gasteiger partial charge in [0.25, 0.3) is 11.6 Å². The van der Waals surface area contributed by atoms with Gasteiger partial charge in [0.1, 0.15) is 5.75 Å². The molecule has 0 bridgehead atoms. The van der Waals surface area contributed by atoms with E-state index in [1.54, 1.807) is 0 Å². The monoisotopic (exact) mass is 495 g/mol. The van der Waals surface area contributed by atoms with Crippen LogP contribution in [0, 0.1) is 0 Å². The summed E-state index contributed by atoms with van der Waals surface area (Å²) in [6.45, 7) is 0. The summed E-state index contributed by atoms with van der Waals surface area (Å²) < 4.78 is 39.0. The molecule has 1 amide bonds. The van der Waals surface area contributed by atoms with E-state index in [4.69, 9.17) is 9.15 Å². The number of hydrogen-bond acceptors (Lipinski definition) is 5. The zero-order valence-corrected chi connectivity index (χ0v) is 20.5. The molecule has 1 unspecified atom stereocenters. The molecule has 0 aliphatic carbocycles. The fourth-order valence-corrected chi connectivity index (χ4v) is 3.62. The molecule has 9 heteroatoms. The maximum atomic E-state index is 13.9. The summed E-state index contributed by atoms with van der Waals surface area (Å²) in [6.07, 6.45) is 0. The van der Waals surface area contributed by atoms with E-state index < -0.39 is 11.6 Å². The Morgan fingerprint density at radius 2 is 1.71 bits per heavy atom. The molecule has 0 aliphatic rings. The van der Waals surface area contributed by atoms with Crippen LogP contribution in [-0.4, -0.2) is 32.1 Å². The Morgan fingerprint density at radius 3 is 2.31 bits per heavy atom. The summed E-state index contributed by atoms with van der Waals surface area (Å²) in [6, 6.07) is 20.5. The highest BCUT2D eigenvalue weighted by Crippen LogP contribution is 2.38. The second-order valence-electron chi connectivity index (χ2n) is 8.03. The molecule has 1 aromatic heterocycles. The average molecular weight is 495 g/mol. The van der Waals surface area contributed by atoms with E-state index in [1.807, 2.05) is 73.6 Å². The van der Waals surface area contributed by atoms with Crippen LogP contribution in [0.5, 0.6) is 5.75 Å². The van der Waals surface area contributed by atoms with Crippen molar-refractivity contribution in [1.29, 1.82) is 0 Å². The van der Waals surface area contributed by atoms with Gasteiger partial charge in [-0.05, 0) is 48.5 Å². The van der Waals surface area contributed by atoms with Crippen molar-refractivity contribution in [2.45, 2.75) is 5.66 Å². The zero-order valence-electron chi connectivity index (χ0n) is 19.4. The average Bonchev–Trinajstić information content (AvgIpc) is 3.29. The molecular weight excluding hydrogens is 471 g/mol. The summed E-state index contributed by atoms with van der Waals surface area (Å²) in [5.74, 6) is 0.120. The number of carbonyl (C=O) groups excluding carboxylic acids is 1. The third-order valence-corrected chi connectivity index (χ3v) is 5.63. The molecule has 6 nitrogen and oxygen atoms in total. The maximum absolute atomic E-state index is 13.9. The lowest BCUT2D eigenvalue weighted by atomic mass is 10.1. The Morgan fingerprint density at radius 1 is 1.03 bits per heavy atom. The number of methoxy groups -OCH3 is 1. The van der Waals surface area contributed by atoms with Crippen LogP contribution in [0.1, 0.15) is 16.1 Å². The van der Waals surface area contributed by atoms with Crippen molar-refractivity contribution in [3.8, 4) is 28.5 Å². The molecule has 0 saturated carbocycles. The fourth-order valence-electron chi connectivity index (χ4n) is 3.46. The van der Waals surface area contributed by atoms with Crippen molar-refractivity contribution in [3.63, 3.8) is 0 Å². The smallest absolute Gasteiger partial charge is 0.284 e. The van der Waals surface area contributed by atoms with Gasteiger partial charge in [-0.15, -0.1) is 0 Å². The van der Waals surface area contributed by atoms with Crippen LogP contribution in [0.4, 0.5) is 20.2 Å². The zero-order chi connectivity index (χ0) is 25.2. The highest BCUT2D eigenvalue weighted by atomic mass is 31.0. The number of ether oxygens (including phenoxy) is 1. The number of halogens is 2. The minimum Gasteiger partial charge on any atom is -0.497 e. The van der Waals surface area contributed by atoms with Gasteiger partial charge in [-0.1, -0.05) is 27.4 Å². The van der Waals surface area contributed by atoms with E-state index in [0.29, 0.717) is 11.1 Å². The highest BCUT2D eigenvalue weighted by Gasteiger charge is 2.27. The molecule has 0 radical (unpaired) electrons. The van der Waals surface area contributed by atoms with Crippen molar-refractivity contribution >= 4 is 26.5 Å². The number of benzene rings is 3. The van der Waals surface area contributed by atoms with Crippen molar-refractivity contribution in [3.05, 3.63) is 84.1 Å². The van der Waals surface area contributed by atoms with Gasteiger partial charge in [-0.25, -0.2) is 4.98 Å². The largest absolute Gasteiger partial charge is 0.497 e. The number of alkyl halides is 2. The fraction of sp³-hybridized carbons (Fsp3) is 0.154. The van der Waals surface area contributed by atoms with Gasteiger partial charge in [0.15, 0.2) is 11.5 Å². The SMILES string of the molecule is COc1cc(NC(=O)c2nc(-c3ccccc3)oc2-c2ccc(N(C)C)cc2)cc(C(F)(F)P)c1. The predicted octanol–water partition coefficient (Wildman–Crippen LogP) is 6.26. The van der Waals surface area contributed by atoms with E-state index in [-0.39, 0.29) is 34.3 Å². The van der Waals surface area contributed by atoms with Gasteiger partial charge in [-0.3, -0.25) is 4.79 Å². The molecule has 0 saturated heterocycles. The number of oxazole rings is 1. The topological polar surface area (TPSA) is 67.6 Å². The molecule has 1 atom stereocenters. The minimum absolute atomic E-state index is 0.0310. The molecule has 4 rings (SSSR count). The van der Waals surface area contributed by atoms with Crippen molar-refractivity contribution in [2.75, 3.05) is 31.4 Å². The van der Waals surface area contributed by atoms with Crippen LogP contribution in [0.3, 0.4) is 0 Å². The summed E-state index contributed by atoms with van der Waals surface area (Å²) in [7, 11) is 6.70. The van der Waals surface area contributed by atoms with E-state index in [9.17, 15) is 13.6 Å². The van der Waals surface area contributed by atoms with Crippen molar-refractivity contribution < 1.29 is 22.7 Å². The second kappa shape index (κ2) is 9.84. The molecule has 0 fully saturated rings. The number of hydrogen-bond donors (Lipinski definition) is 1. The minimum atomic E-state index is -3.19.